The Bertz CT molecular complexity index is 722. The Labute approximate surface area is 162 Å². The summed E-state index contributed by atoms with van der Waals surface area (Å²) >= 11 is 1.60. The fourth-order valence-electron chi connectivity index (χ4n) is 3.28. The number of nitrogens with zero attached hydrogens (tertiary/aromatic N) is 1. The second kappa shape index (κ2) is 8.39. The topological polar surface area (TPSA) is 37.4 Å². The molecule has 26 heavy (non-hydrogen) atoms. The van der Waals surface area contributed by atoms with Crippen LogP contribution < -0.4 is 4.90 Å². The van der Waals surface area contributed by atoms with Gasteiger partial charge in [-0.3, -0.25) is 9.59 Å². The van der Waals surface area contributed by atoms with Crippen LogP contribution in [-0.4, -0.2) is 18.2 Å². The molecule has 0 aromatic carbocycles. The zero-order valence-corrected chi connectivity index (χ0v) is 17.8. The summed E-state index contributed by atoms with van der Waals surface area (Å²) in [5, 5.41) is 0. The number of Topliss-reactive ketones (excluding diaryl/α,β-unsaturated/α-hetero) is 1. The normalized spacial score (nSPS) is 20.2. The van der Waals surface area contributed by atoms with Crippen molar-refractivity contribution >= 4 is 28.7 Å². The summed E-state index contributed by atoms with van der Waals surface area (Å²) in [7, 11) is 0. The molecule has 1 heterocycles. The Hall–Kier alpha value is -1.60. The lowest BCUT2D eigenvalue weighted by atomic mass is 9.82. The van der Waals surface area contributed by atoms with E-state index in [1.54, 1.807) is 23.2 Å². The van der Waals surface area contributed by atoms with Gasteiger partial charge in [0.15, 0.2) is 0 Å². The quantitative estimate of drug-likeness (QED) is 0.680. The number of carbonyl (C=O) groups is 2. The highest BCUT2D eigenvalue weighted by atomic mass is 32.1. The molecule has 1 aliphatic carbocycles. The first kappa shape index (κ1) is 20.7. The molecule has 1 aromatic rings. The Kier molecular flexibility index (Phi) is 6.69. The van der Waals surface area contributed by atoms with Gasteiger partial charge in [0, 0.05) is 16.2 Å². The fourth-order valence-corrected chi connectivity index (χ4v) is 4.16. The molecule has 0 radical (unpaired) electrons. The molecule has 1 aliphatic rings. The molecule has 1 amide bonds. The molecule has 0 spiro atoms. The largest absolute Gasteiger partial charge is 0.304 e. The predicted octanol–water partition coefficient (Wildman–Crippen LogP) is 5.20. The number of rotatable bonds is 4. The minimum Gasteiger partial charge on any atom is -0.304 e. The van der Waals surface area contributed by atoms with Crippen LogP contribution in [-0.2, 0) is 9.59 Å². The lowest BCUT2D eigenvalue weighted by Gasteiger charge is -2.30. The third-order valence-corrected chi connectivity index (χ3v) is 5.71. The predicted molar refractivity (Wildman–Crippen MR) is 110 cm³/mol. The number of carbonyl (C=O) groups excluding carboxylic acids is 2. The second-order valence-corrected chi connectivity index (χ2v) is 9.89. The van der Waals surface area contributed by atoms with Crippen molar-refractivity contribution in [1.29, 1.82) is 0 Å². The van der Waals surface area contributed by atoms with E-state index in [0.717, 1.165) is 41.1 Å². The van der Waals surface area contributed by atoms with Gasteiger partial charge in [-0.1, -0.05) is 18.8 Å². The van der Waals surface area contributed by atoms with Gasteiger partial charge < -0.3 is 4.90 Å². The Morgan fingerprint density at radius 3 is 2.38 bits per heavy atom. The van der Waals surface area contributed by atoms with Crippen molar-refractivity contribution in [2.24, 2.45) is 17.3 Å². The van der Waals surface area contributed by atoms with Crippen LogP contribution in [0.4, 0.5) is 5.69 Å². The Morgan fingerprint density at radius 1 is 1.23 bits per heavy atom. The summed E-state index contributed by atoms with van der Waals surface area (Å²) in [5.74, 6) is 7.31. The molecule has 1 saturated carbocycles. The van der Waals surface area contributed by atoms with Crippen molar-refractivity contribution in [1.82, 2.24) is 0 Å². The zero-order chi connectivity index (χ0) is 19.5. The van der Waals surface area contributed by atoms with E-state index in [1.165, 1.54) is 0 Å². The summed E-state index contributed by atoms with van der Waals surface area (Å²) in [6, 6.07) is 1.98. The molecule has 0 N–H and O–H groups in total. The third-order valence-electron chi connectivity index (χ3n) is 4.75. The highest BCUT2D eigenvalue weighted by Gasteiger charge is 2.30. The fraction of sp³-hybridized carbons (Fsp3) is 0.636. The molecule has 4 heteroatoms. The van der Waals surface area contributed by atoms with Gasteiger partial charge in [-0.2, -0.15) is 0 Å². The highest BCUT2D eigenvalue weighted by Crippen LogP contribution is 2.34. The number of anilines is 1. The van der Waals surface area contributed by atoms with Crippen LogP contribution in [0.15, 0.2) is 6.07 Å². The molecule has 3 nitrogen and oxygen atoms in total. The lowest BCUT2D eigenvalue weighted by Crippen LogP contribution is -2.40. The lowest BCUT2D eigenvalue weighted by molar-refractivity contribution is -0.125. The van der Waals surface area contributed by atoms with E-state index in [0.29, 0.717) is 5.92 Å². The van der Waals surface area contributed by atoms with E-state index in [1.807, 2.05) is 13.0 Å². The zero-order valence-electron chi connectivity index (χ0n) is 16.9. The molecule has 0 bridgehead atoms. The Morgan fingerprint density at radius 2 is 1.85 bits per heavy atom. The molecule has 0 saturated heterocycles. The number of hydrogen-bond acceptors (Lipinski definition) is 3. The minimum absolute atomic E-state index is 0.00968. The van der Waals surface area contributed by atoms with E-state index in [2.05, 4.69) is 39.5 Å². The molecule has 142 valence electrons. The van der Waals surface area contributed by atoms with Gasteiger partial charge in [-0.05, 0) is 72.3 Å². The monoisotopic (exact) mass is 373 g/mol. The molecule has 1 aromatic heterocycles. The van der Waals surface area contributed by atoms with E-state index >= 15 is 0 Å². The first-order valence-corrected chi connectivity index (χ1v) is 10.3. The smallest absolute Gasteiger partial charge is 0.230 e. The average molecular weight is 374 g/mol. The number of amides is 1. The number of ketones is 1. The van der Waals surface area contributed by atoms with Gasteiger partial charge in [-0.15, -0.1) is 11.3 Å². The molecule has 1 fully saturated rings. The van der Waals surface area contributed by atoms with E-state index in [9.17, 15) is 9.59 Å². The minimum atomic E-state index is -0.0638. The molecular weight excluding hydrogens is 342 g/mol. The average Bonchev–Trinajstić information content (AvgIpc) is 2.91. The van der Waals surface area contributed by atoms with Gasteiger partial charge in [0.25, 0.3) is 0 Å². The summed E-state index contributed by atoms with van der Waals surface area (Å²) in [6.07, 6.45) is 4.03. The molecule has 2 rings (SSSR count). The van der Waals surface area contributed by atoms with Gasteiger partial charge in [0.05, 0.1) is 17.1 Å². The Balaban J connectivity index is 2.29. The van der Waals surface area contributed by atoms with E-state index in [4.69, 9.17) is 0 Å². The van der Waals surface area contributed by atoms with Crippen molar-refractivity contribution < 1.29 is 9.59 Å². The van der Waals surface area contributed by atoms with E-state index in [-0.39, 0.29) is 29.6 Å². The van der Waals surface area contributed by atoms with Gasteiger partial charge >= 0.3 is 0 Å². The summed E-state index contributed by atoms with van der Waals surface area (Å²) in [4.78, 5) is 28.7. The van der Waals surface area contributed by atoms with Crippen LogP contribution >= 0.6 is 11.3 Å². The molecule has 0 atom stereocenters. The number of thiophene rings is 1. The molecule has 0 unspecified atom stereocenters. The van der Waals surface area contributed by atoms with Crippen molar-refractivity contribution in [3.8, 4) is 11.8 Å². The van der Waals surface area contributed by atoms with Crippen molar-refractivity contribution in [3.05, 3.63) is 15.8 Å². The van der Waals surface area contributed by atoms with Crippen LogP contribution in [0, 0.1) is 36.0 Å². The van der Waals surface area contributed by atoms with Crippen molar-refractivity contribution in [2.45, 2.75) is 67.2 Å². The maximum Gasteiger partial charge on any atom is 0.230 e. The number of hydrogen-bond donors (Lipinski definition) is 0. The number of aryl methyl sites for hydroxylation is 1. The SMILES string of the molecule is CC(=O)CN(C(=O)C1CCC(C)CC1)c1cc(C#CC(C)(C)C)sc1C. The van der Waals surface area contributed by atoms with Crippen molar-refractivity contribution in [2.75, 3.05) is 11.4 Å². The highest BCUT2D eigenvalue weighted by molar-refractivity contribution is 7.13. The van der Waals surface area contributed by atoms with Crippen LogP contribution in [0.5, 0.6) is 0 Å². The third kappa shape index (κ3) is 5.71. The van der Waals surface area contributed by atoms with Gasteiger partial charge in [0.1, 0.15) is 5.78 Å². The summed E-state index contributed by atoms with van der Waals surface area (Å²) in [6.45, 7) is 12.2. The second-order valence-electron chi connectivity index (χ2n) is 8.64. The summed E-state index contributed by atoms with van der Waals surface area (Å²) < 4.78 is 0. The van der Waals surface area contributed by atoms with E-state index < -0.39 is 0 Å². The van der Waals surface area contributed by atoms with Crippen LogP contribution in [0.25, 0.3) is 0 Å². The maximum atomic E-state index is 13.2. The van der Waals surface area contributed by atoms with Crippen LogP contribution in [0.2, 0.25) is 0 Å². The summed E-state index contributed by atoms with van der Waals surface area (Å²) in [5.41, 5.74) is 0.790. The molecule has 0 aliphatic heterocycles. The first-order valence-electron chi connectivity index (χ1n) is 9.51. The van der Waals surface area contributed by atoms with Gasteiger partial charge in [-0.25, -0.2) is 0 Å². The van der Waals surface area contributed by atoms with Crippen molar-refractivity contribution in [3.63, 3.8) is 0 Å². The standard InChI is InChI=1S/C22H31NO2S/c1-15-7-9-18(10-8-15)21(25)23(14-16(2)24)20-13-19(26-17(20)3)11-12-22(4,5)6/h13,15,18H,7-10,14H2,1-6H3. The van der Waals surface area contributed by atoms with Gasteiger partial charge in [0.2, 0.25) is 5.91 Å². The first-order chi connectivity index (χ1) is 12.1. The van der Waals surface area contributed by atoms with Crippen LogP contribution in [0.1, 0.15) is 70.1 Å². The molecular formula is C22H31NO2S. The maximum absolute atomic E-state index is 13.2. The van der Waals surface area contributed by atoms with Crippen LogP contribution in [0.3, 0.4) is 0 Å².